The van der Waals surface area contributed by atoms with Gasteiger partial charge in [0.25, 0.3) is 5.56 Å². The number of hydrogen-bond donors (Lipinski definition) is 2. The van der Waals surface area contributed by atoms with Gasteiger partial charge in [0.05, 0.1) is 5.69 Å². The molecule has 21 heavy (non-hydrogen) atoms. The minimum Gasteiger partial charge on any atom is -0.478 e. The number of pyridine rings is 1. The zero-order valence-corrected chi connectivity index (χ0v) is 12.6. The fourth-order valence-corrected chi connectivity index (χ4v) is 2.25. The van der Waals surface area contributed by atoms with Gasteiger partial charge >= 0.3 is 5.97 Å². The van der Waals surface area contributed by atoms with Crippen molar-refractivity contribution in [1.29, 1.82) is 0 Å². The number of nitrogens with zero attached hydrogens (tertiary/aromatic N) is 1. The lowest BCUT2D eigenvalue weighted by Crippen LogP contribution is -2.23. The minimum absolute atomic E-state index is 0.0544. The first-order valence-corrected chi connectivity index (χ1v) is 6.92. The first kappa shape index (κ1) is 15.2. The maximum atomic E-state index is 13.9. The summed E-state index contributed by atoms with van der Waals surface area (Å²) in [6, 6.07) is 6.71. The number of benzene rings is 1. The molecule has 0 radical (unpaired) electrons. The van der Waals surface area contributed by atoms with Crippen LogP contribution in [0.3, 0.4) is 0 Å². The van der Waals surface area contributed by atoms with Crippen molar-refractivity contribution in [2.24, 2.45) is 0 Å². The van der Waals surface area contributed by atoms with Crippen LogP contribution in [0.15, 0.2) is 39.6 Å². The standard InChI is InChI=1S/C14H12BrFN2O3/c1-2-18-12(19)6-4-9(14(20)21)13(18)17-11-5-3-8(15)7-10(11)16/h3-7,17H,2H2,1H3,(H,20,21). The summed E-state index contributed by atoms with van der Waals surface area (Å²) in [5.74, 6) is -1.70. The Morgan fingerprint density at radius 2 is 2.10 bits per heavy atom. The molecule has 0 spiro atoms. The molecule has 2 N–H and O–H groups in total. The van der Waals surface area contributed by atoms with Crippen molar-refractivity contribution in [3.05, 3.63) is 56.5 Å². The number of carbonyl (C=O) groups is 1. The second-order valence-electron chi connectivity index (χ2n) is 4.23. The lowest BCUT2D eigenvalue weighted by molar-refractivity contribution is 0.0697. The molecule has 0 saturated heterocycles. The third-order valence-electron chi connectivity index (χ3n) is 2.91. The number of anilines is 2. The molecule has 0 bridgehead atoms. The van der Waals surface area contributed by atoms with E-state index < -0.39 is 11.8 Å². The Morgan fingerprint density at radius 1 is 1.38 bits per heavy atom. The summed E-state index contributed by atoms with van der Waals surface area (Å²) in [5, 5.41) is 11.9. The zero-order valence-electron chi connectivity index (χ0n) is 11.1. The predicted octanol–water partition coefficient (Wildman–Crippen LogP) is 3.21. The molecule has 1 aromatic carbocycles. The molecular weight excluding hydrogens is 343 g/mol. The number of rotatable bonds is 4. The van der Waals surface area contributed by atoms with Crippen LogP contribution >= 0.6 is 15.9 Å². The highest BCUT2D eigenvalue weighted by Gasteiger charge is 2.16. The molecule has 0 aliphatic carbocycles. The van der Waals surface area contributed by atoms with Crippen LogP contribution in [-0.2, 0) is 6.54 Å². The number of aromatic carboxylic acids is 1. The highest BCUT2D eigenvalue weighted by atomic mass is 79.9. The average Bonchev–Trinajstić information content (AvgIpc) is 2.41. The molecule has 2 aromatic rings. The van der Waals surface area contributed by atoms with Crippen LogP contribution in [0.4, 0.5) is 15.9 Å². The number of hydrogen-bond acceptors (Lipinski definition) is 3. The summed E-state index contributed by atoms with van der Waals surface area (Å²) in [7, 11) is 0. The van der Waals surface area contributed by atoms with E-state index in [9.17, 15) is 19.1 Å². The lowest BCUT2D eigenvalue weighted by Gasteiger charge is -2.16. The second-order valence-corrected chi connectivity index (χ2v) is 5.15. The molecule has 0 unspecified atom stereocenters. The number of aromatic nitrogens is 1. The van der Waals surface area contributed by atoms with Crippen molar-refractivity contribution < 1.29 is 14.3 Å². The van der Waals surface area contributed by atoms with Gasteiger partial charge in [0, 0.05) is 17.1 Å². The van der Waals surface area contributed by atoms with Gasteiger partial charge in [-0.3, -0.25) is 9.36 Å². The number of halogens is 2. The summed E-state index contributed by atoms with van der Waals surface area (Å²) in [5.41, 5.74) is -0.366. The van der Waals surface area contributed by atoms with E-state index >= 15 is 0 Å². The highest BCUT2D eigenvalue weighted by molar-refractivity contribution is 9.10. The molecule has 0 atom stereocenters. The molecule has 0 fully saturated rings. The monoisotopic (exact) mass is 354 g/mol. The van der Waals surface area contributed by atoms with Gasteiger partial charge in [0.15, 0.2) is 0 Å². The number of carboxylic acids is 1. The second kappa shape index (κ2) is 6.09. The Kier molecular flexibility index (Phi) is 4.42. The molecule has 2 rings (SSSR count). The Morgan fingerprint density at radius 3 is 2.67 bits per heavy atom. The Hall–Kier alpha value is -2.15. The van der Waals surface area contributed by atoms with Gasteiger partial charge in [-0.15, -0.1) is 0 Å². The van der Waals surface area contributed by atoms with Crippen LogP contribution in [0.1, 0.15) is 17.3 Å². The summed E-state index contributed by atoms with van der Waals surface area (Å²) in [6.07, 6.45) is 0. The molecule has 0 aliphatic heterocycles. The van der Waals surface area contributed by atoms with Crippen LogP contribution in [0.5, 0.6) is 0 Å². The summed E-state index contributed by atoms with van der Waals surface area (Å²) < 4.78 is 15.7. The van der Waals surface area contributed by atoms with Crippen LogP contribution in [0, 0.1) is 5.82 Å². The molecule has 0 aliphatic rings. The van der Waals surface area contributed by atoms with E-state index in [1.807, 2.05) is 0 Å². The summed E-state index contributed by atoms with van der Waals surface area (Å²) in [6.45, 7) is 1.97. The van der Waals surface area contributed by atoms with Crippen LogP contribution in [-0.4, -0.2) is 15.6 Å². The van der Waals surface area contributed by atoms with Gasteiger partial charge in [-0.1, -0.05) is 15.9 Å². The van der Waals surface area contributed by atoms with Gasteiger partial charge in [-0.2, -0.15) is 0 Å². The Bertz CT molecular complexity index is 758. The van der Waals surface area contributed by atoms with Gasteiger partial charge in [-0.05, 0) is 31.2 Å². The van der Waals surface area contributed by atoms with Gasteiger partial charge < -0.3 is 10.4 Å². The SMILES string of the molecule is CCn1c(Nc2ccc(Br)cc2F)c(C(=O)O)ccc1=O. The fraction of sp³-hybridized carbons (Fsp3) is 0.143. The van der Waals surface area contributed by atoms with E-state index in [0.29, 0.717) is 4.47 Å². The normalized spacial score (nSPS) is 10.4. The van der Waals surface area contributed by atoms with E-state index in [0.717, 1.165) is 0 Å². The van der Waals surface area contributed by atoms with Crippen molar-refractivity contribution in [1.82, 2.24) is 4.57 Å². The van der Waals surface area contributed by atoms with E-state index in [1.54, 1.807) is 13.0 Å². The van der Waals surface area contributed by atoms with E-state index in [1.165, 1.54) is 28.8 Å². The molecule has 0 amide bonds. The third kappa shape index (κ3) is 3.13. The van der Waals surface area contributed by atoms with Crippen LogP contribution in [0.25, 0.3) is 0 Å². The largest absolute Gasteiger partial charge is 0.478 e. The average molecular weight is 355 g/mol. The molecule has 1 aromatic heterocycles. The van der Waals surface area contributed by atoms with Gasteiger partial charge in [-0.25, -0.2) is 9.18 Å². The van der Waals surface area contributed by atoms with E-state index in [4.69, 9.17) is 0 Å². The zero-order chi connectivity index (χ0) is 15.6. The van der Waals surface area contributed by atoms with Crippen molar-refractivity contribution >= 4 is 33.4 Å². The highest BCUT2D eigenvalue weighted by Crippen LogP contribution is 2.24. The van der Waals surface area contributed by atoms with E-state index in [-0.39, 0.29) is 29.2 Å². The van der Waals surface area contributed by atoms with Crippen LogP contribution in [0.2, 0.25) is 0 Å². The van der Waals surface area contributed by atoms with Crippen molar-refractivity contribution in [2.75, 3.05) is 5.32 Å². The van der Waals surface area contributed by atoms with Gasteiger partial charge in [0.1, 0.15) is 17.2 Å². The minimum atomic E-state index is -1.20. The van der Waals surface area contributed by atoms with E-state index in [2.05, 4.69) is 21.2 Å². The molecule has 110 valence electrons. The maximum Gasteiger partial charge on any atom is 0.339 e. The molecule has 7 heteroatoms. The van der Waals surface area contributed by atoms with Crippen molar-refractivity contribution in [2.45, 2.75) is 13.5 Å². The first-order valence-electron chi connectivity index (χ1n) is 6.13. The lowest BCUT2D eigenvalue weighted by atomic mass is 10.2. The number of nitrogens with one attached hydrogen (secondary N) is 1. The quantitative estimate of drug-likeness (QED) is 0.884. The summed E-state index contributed by atoms with van der Waals surface area (Å²) >= 11 is 3.14. The van der Waals surface area contributed by atoms with Crippen LogP contribution < -0.4 is 10.9 Å². The third-order valence-corrected chi connectivity index (χ3v) is 3.41. The number of carboxylic acid groups (broad SMARTS) is 1. The topological polar surface area (TPSA) is 71.3 Å². The van der Waals surface area contributed by atoms with Crippen molar-refractivity contribution in [3.63, 3.8) is 0 Å². The molecular formula is C14H12BrFN2O3. The van der Waals surface area contributed by atoms with Crippen molar-refractivity contribution in [3.8, 4) is 0 Å². The molecule has 1 heterocycles. The summed E-state index contributed by atoms with van der Waals surface area (Å²) in [4.78, 5) is 23.1. The molecule has 5 nitrogen and oxygen atoms in total. The fourth-order valence-electron chi connectivity index (χ4n) is 1.92. The smallest absolute Gasteiger partial charge is 0.339 e. The Balaban J connectivity index is 2.59. The molecule has 0 saturated carbocycles. The van der Waals surface area contributed by atoms with Gasteiger partial charge in [0.2, 0.25) is 0 Å². The first-order chi connectivity index (χ1) is 9.93. The maximum absolute atomic E-state index is 13.9. The Labute approximate surface area is 128 Å². The predicted molar refractivity (Wildman–Crippen MR) is 80.7 cm³/mol.